The third-order valence-electron chi connectivity index (χ3n) is 3.05. The summed E-state index contributed by atoms with van der Waals surface area (Å²) in [7, 11) is 0.224. The van der Waals surface area contributed by atoms with Crippen molar-refractivity contribution in [2.75, 3.05) is 99.6 Å². The van der Waals surface area contributed by atoms with Gasteiger partial charge in [0.2, 0.25) is 0 Å². The van der Waals surface area contributed by atoms with E-state index in [9.17, 15) is 0 Å². The predicted octanol–water partition coefficient (Wildman–Crippen LogP) is 1.58. The summed E-state index contributed by atoms with van der Waals surface area (Å²) >= 11 is 0. The normalized spacial score (nSPS) is 12.0. The predicted molar refractivity (Wildman–Crippen MR) is 106 cm³/mol. The second-order valence-corrected chi connectivity index (χ2v) is 11.1. The number of hydrogen-bond acceptors (Lipinski definition) is 8. The van der Waals surface area contributed by atoms with Crippen molar-refractivity contribution < 1.29 is 37.6 Å². The van der Waals surface area contributed by atoms with Gasteiger partial charge in [-0.25, -0.2) is 0 Å². The van der Waals surface area contributed by atoms with Gasteiger partial charge in [0.15, 0.2) is 8.32 Å². The lowest BCUT2D eigenvalue weighted by Gasteiger charge is -2.16. The highest BCUT2D eigenvalue weighted by molar-refractivity contribution is 6.69. The van der Waals surface area contributed by atoms with Gasteiger partial charge in [-0.05, 0) is 19.6 Å². The van der Waals surface area contributed by atoms with Crippen molar-refractivity contribution >= 4 is 8.32 Å². The molecule has 0 fully saturated rings. The van der Waals surface area contributed by atoms with Crippen LogP contribution in [0.4, 0.5) is 0 Å². The molecule has 0 radical (unpaired) electrons. The van der Waals surface area contributed by atoms with Gasteiger partial charge in [-0.3, -0.25) is 0 Å². The number of hydrogen-bond donors (Lipinski definition) is 0. The average Bonchev–Trinajstić information content (AvgIpc) is 2.62. The molecule has 0 aromatic heterocycles. The van der Waals surface area contributed by atoms with Crippen LogP contribution in [-0.4, -0.2) is 108 Å². The maximum atomic E-state index is 5.69. The molecular formula is C18H40O8Si. The van der Waals surface area contributed by atoms with E-state index in [2.05, 4.69) is 19.6 Å². The Morgan fingerprint density at radius 1 is 0.407 bits per heavy atom. The van der Waals surface area contributed by atoms with Gasteiger partial charge in [-0.1, -0.05) is 0 Å². The summed E-state index contributed by atoms with van der Waals surface area (Å²) in [5.74, 6) is 0. The molecule has 0 spiro atoms. The highest BCUT2D eigenvalue weighted by Gasteiger charge is 2.12. The summed E-state index contributed by atoms with van der Waals surface area (Å²) in [5, 5.41) is 0. The third-order valence-corrected chi connectivity index (χ3v) is 4.12. The first-order valence-electron chi connectivity index (χ1n) is 9.65. The largest absolute Gasteiger partial charge is 0.415 e. The second-order valence-electron chi connectivity index (χ2n) is 6.63. The van der Waals surface area contributed by atoms with Crippen LogP contribution in [0.3, 0.4) is 0 Å². The summed E-state index contributed by atoms with van der Waals surface area (Å²) in [5.41, 5.74) is 0. The van der Waals surface area contributed by atoms with Crippen LogP contribution in [0.25, 0.3) is 0 Å². The fraction of sp³-hybridized carbons (Fsp3) is 1.00. The first-order chi connectivity index (χ1) is 13.1. The molecule has 0 N–H and O–H groups in total. The Hall–Kier alpha value is -0.103. The van der Waals surface area contributed by atoms with E-state index in [-0.39, 0.29) is 0 Å². The first kappa shape index (κ1) is 26.9. The van der Waals surface area contributed by atoms with E-state index in [0.717, 1.165) is 0 Å². The monoisotopic (exact) mass is 412 g/mol. The van der Waals surface area contributed by atoms with Gasteiger partial charge in [0.1, 0.15) is 0 Å². The van der Waals surface area contributed by atoms with E-state index in [0.29, 0.717) is 92.5 Å². The molecule has 0 aliphatic rings. The molecule has 0 heterocycles. The minimum Gasteiger partial charge on any atom is -0.415 e. The molecule has 0 saturated carbocycles. The summed E-state index contributed by atoms with van der Waals surface area (Å²) in [6.07, 6.45) is 0. The Morgan fingerprint density at radius 3 is 0.926 bits per heavy atom. The summed E-state index contributed by atoms with van der Waals surface area (Å²) < 4.78 is 42.9. The lowest BCUT2D eigenvalue weighted by molar-refractivity contribution is -0.0200. The molecule has 0 amide bonds. The summed E-state index contributed by atoms with van der Waals surface area (Å²) in [6.45, 7) is 14.6. The zero-order valence-electron chi connectivity index (χ0n) is 17.7. The van der Waals surface area contributed by atoms with Crippen LogP contribution in [0.15, 0.2) is 0 Å². The quantitative estimate of drug-likeness (QED) is 0.196. The van der Waals surface area contributed by atoms with Crippen LogP contribution in [0.1, 0.15) is 0 Å². The Bertz CT molecular complexity index is 289. The highest BCUT2D eigenvalue weighted by atomic mass is 28.4. The standard InChI is InChI=1S/C18H40O8Si/c1-19-5-6-20-7-8-21-9-10-22-11-12-23-13-14-24-15-16-25-17-18-26-27(2,3)4/h5-18H2,1-4H3. The van der Waals surface area contributed by atoms with E-state index in [1.54, 1.807) is 7.11 Å². The van der Waals surface area contributed by atoms with E-state index in [1.807, 2.05) is 0 Å². The van der Waals surface area contributed by atoms with Crippen molar-refractivity contribution in [1.29, 1.82) is 0 Å². The van der Waals surface area contributed by atoms with Crippen molar-refractivity contribution in [2.24, 2.45) is 0 Å². The van der Waals surface area contributed by atoms with Gasteiger partial charge in [-0.2, -0.15) is 0 Å². The fourth-order valence-electron chi connectivity index (χ4n) is 1.75. The van der Waals surface area contributed by atoms with E-state index in [4.69, 9.17) is 37.6 Å². The van der Waals surface area contributed by atoms with Gasteiger partial charge in [0.05, 0.1) is 92.5 Å². The molecule has 0 aromatic rings. The topological polar surface area (TPSA) is 73.8 Å². The smallest absolute Gasteiger partial charge is 0.183 e. The lowest BCUT2D eigenvalue weighted by atomic mass is 10.6. The minimum atomic E-state index is -1.43. The molecule has 0 unspecified atom stereocenters. The molecule has 27 heavy (non-hydrogen) atoms. The number of ether oxygens (including phenoxy) is 7. The Balaban J connectivity index is 3.01. The van der Waals surface area contributed by atoms with Crippen molar-refractivity contribution in [2.45, 2.75) is 19.6 Å². The first-order valence-corrected chi connectivity index (χ1v) is 13.1. The summed E-state index contributed by atoms with van der Waals surface area (Å²) in [4.78, 5) is 0. The van der Waals surface area contributed by atoms with Gasteiger partial charge < -0.3 is 37.6 Å². The van der Waals surface area contributed by atoms with Crippen LogP contribution in [0.2, 0.25) is 19.6 Å². The maximum absolute atomic E-state index is 5.69. The zero-order valence-corrected chi connectivity index (χ0v) is 18.7. The van der Waals surface area contributed by atoms with Crippen molar-refractivity contribution in [1.82, 2.24) is 0 Å². The average molecular weight is 413 g/mol. The SMILES string of the molecule is COCCOCCOCCOCCOCCOCCOCCO[Si](C)(C)C. The van der Waals surface area contributed by atoms with Crippen LogP contribution in [0.5, 0.6) is 0 Å². The summed E-state index contributed by atoms with van der Waals surface area (Å²) in [6, 6.07) is 0. The molecule has 0 aliphatic carbocycles. The van der Waals surface area contributed by atoms with E-state index >= 15 is 0 Å². The Morgan fingerprint density at radius 2 is 0.667 bits per heavy atom. The highest BCUT2D eigenvalue weighted by Crippen LogP contribution is 2.01. The third kappa shape index (κ3) is 25.9. The molecule has 9 heteroatoms. The molecule has 0 aromatic carbocycles. The Labute approximate surface area is 165 Å². The molecule has 164 valence electrons. The van der Waals surface area contributed by atoms with Crippen LogP contribution >= 0.6 is 0 Å². The molecule has 0 aliphatic heterocycles. The van der Waals surface area contributed by atoms with Crippen LogP contribution < -0.4 is 0 Å². The Kier molecular flexibility index (Phi) is 20.5. The van der Waals surface area contributed by atoms with Crippen molar-refractivity contribution in [3.8, 4) is 0 Å². The second kappa shape index (κ2) is 20.6. The molecule has 0 bridgehead atoms. The molecule has 0 saturated heterocycles. The van der Waals surface area contributed by atoms with Gasteiger partial charge in [0, 0.05) is 7.11 Å². The molecule has 8 nitrogen and oxygen atoms in total. The molecule has 0 atom stereocenters. The van der Waals surface area contributed by atoms with Gasteiger partial charge in [0.25, 0.3) is 0 Å². The van der Waals surface area contributed by atoms with E-state index < -0.39 is 8.32 Å². The van der Waals surface area contributed by atoms with Crippen LogP contribution in [0, 0.1) is 0 Å². The molecule has 0 rings (SSSR count). The van der Waals surface area contributed by atoms with Gasteiger partial charge in [-0.15, -0.1) is 0 Å². The maximum Gasteiger partial charge on any atom is 0.183 e. The van der Waals surface area contributed by atoms with Gasteiger partial charge >= 0.3 is 0 Å². The number of methoxy groups -OCH3 is 1. The number of rotatable bonds is 22. The zero-order chi connectivity index (χ0) is 20.1. The van der Waals surface area contributed by atoms with Crippen molar-refractivity contribution in [3.63, 3.8) is 0 Å². The van der Waals surface area contributed by atoms with Crippen LogP contribution in [-0.2, 0) is 37.6 Å². The van der Waals surface area contributed by atoms with Crippen molar-refractivity contribution in [3.05, 3.63) is 0 Å². The minimum absolute atomic E-state index is 0.550. The van der Waals surface area contributed by atoms with E-state index in [1.165, 1.54) is 0 Å². The lowest BCUT2D eigenvalue weighted by Crippen LogP contribution is -2.27. The fourth-order valence-corrected chi connectivity index (χ4v) is 2.45. The molecular weight excluding hydrogens is 372 g/mol.